The third-order valence-electron chi connectivity index (χ3n) is 5.82. The van der Waals surface area contributed by atoms with Crippen LogP contribution in [0.15, 0.2) is 60.8 Å². The van der Waals surface area contributed by atoms with Crippen molar-refractivity contribution in [1.29, 1.82) is 0 Å². The van der Waals surface area contributed by atoms with Crippen LogP contribution >= 0.6 is 0 Å². The Bertz CT molecular complexity index is 1100. The minimum atomic E-state index is -2.01. The second-order valence-electron chi connectivity index (χ2n) is 8.85. The molecule has 0 N–H and O–H groups in total. The zero-order valence-corrected chi connectivity index (χ0v) is 20.7. The number of unbranched alkanes of at least 4 members (excludes halogenated alkanes) is 3. The lowest BCUT2D eigenvalue weighted by Gasteiger charge is -2.18. The first-order valence-corrected chi connectivity index (χ1v) is 12.2. The number of rotatable bonds is 12. The number of hydrogen-bond acceptors (Lipinski definition) is 4. The molecule has 0 saturated carbocycles. The highest BCUT2D eigenvalue weighted by molar-refractivity contribution is 5.81. The third kappa shape index (κ3) is 7.35. The molecule has 35 heavy (non-hydrogen) atoms. The number of carbonyl (C=O) groups excluding carboxylic acids is 1. The van der Waals surface area contributed by atoms with Crippen LogP contribution < -0.4 is 9.47 Å². The van der Waals surface area contributed by atoms with Crippen LogP contribution in [-0.4, -0.2) is 23.2 Å². The highest BCUT2D eigenvalue weighted by atomic mass is 19.1. The average Bonchev–Trinajstić information content (AvgIpc) is 2.86. The molecular formula is C29H33F2NO3. The van der Waals surface area contributed by atoms with Gasteiger partial charge in [0.1, 0.15) is 5.75 Å². The minimum absolute atomic E-state index is 0.136. The van der Waals surface area contributed by atoms with Crippen molar-refractivity contribution in [3.63, 3.8) is 0 Å². The summed E-state index contributed by atoms with van der Waals surface area (Å²) >= 11 is 0. The number of alkyl halides is 1. The summed E-state index contributed by atoms with van der Waals surface area (Å²) in [5.74, 6) is -0.750. The van der Waals surface area contributed by atoms with Crippen LogP contribution in [0.25, 0.3) is 22.4 Å². The molecule has 0 bridgehead atoms. The fourth-order valence-corrected chi connectivity index (χ4v) is 3.59. The second-order valence-corrected chi connectivity index (χ2v) is 8.85. The van der Waals surface area contributed by atoms with Gasteiger partial charge in [-0.15, -0.1) is 0 Å². The van der Waals surface area contributed by atoms with Crippen molar-refractivity contribution in [1.82, 2.24) is 4.98 Å². The Labute approximate surface area is 206 Å². The minimum Gasteiger partial charge on any atom is -0.491 e. The van der Waals surface area contributed by atoms with Crippen molar-refractivity contribution in [3.05, 3.63) is 66.6 Å². The summed E-state index contributed by atoms with van der Waals surface area (Å²) in [4.78, 5) is 16.6. The van der Waals surface area contributed by atoms with Crippen molar-refractivity contribution in [2.75, 3.05) is 6.61 Å². The molecule has 1 atom stereocenters. The molecule has 0 fully saturated rings. The molecule has 0 saturated heterocycles. The Morgan fingerprint density at radius 1 is 0.914 bits per heavy atom. The summed E-state index contributed by atoms with van der Waals surface area (Å²) in [6.45, 7) is 5.81. The molecule has 1 heterocycles. The average molecular weight is 482 g/mol. The molecule has 0 amide bonds. The van der Waals surface area contributed by atoms with Crippen molar-refractivity contribution in [3.8, 4) is 33.9 Å². The SMILES string of the molecule is CCCCCOc1ccc(-c2ccc(-c3ccc(OC(=O)[C@@](C)(F)CCCC)cc3)cn2)cc1F. The first-order chi connectivity index (χ1) is 16.8. The summed E-state index contributed by atoms with van der Waals surface area (Å²) in [6, 6.07) is 15.4. The summed E-state index contributed by atoms with van der Waals surface area (Å²) in [5.41, 5.74) is 1.01. The Hall–Kier alpha value is -3.28. The van der Waals surface area contributed by atoms with E-state index in [4.69, 9.17) is 9.47 Å². The normalized spacial score (nSPS) is 12.7. The first kappa shape index (κ1) is 26.3. The van der Waals surface area contributed by atoms with E-state index >= 15 is 0 Å². The van der Waals surface area contributed by atoms with E-state index in [-0.39, 0.29) is 17.9 Å². The van der Waals surface area contributed by atoms with Gasteiger partial charge in [0.2, 0.25) is 5.67 Å². The predicted octanol–water partition coefficient (Wildman–Crippen LogP) is 7.95. The standard InChI is InChI=1S/C29H33F2NO3/c1-4-6-8-18-34-27-16-12-22(19-25(27)30)26-15-11-23(20-32-26)21-9-13-24(14-10-21)35-28(33)29(3,31)17-7-5-2/h9-16,19-20H,4-8,17-18H2,1-3H3/t29-/m0/s1. The number of benzene rings is 2. The highest BCUT2D eigenvalue weighted by Crippen LogP contribution is 2.28. The molecule has 3 aromatic rings. The number of hydrogen-bond donors (Lipinski definition) is 0. The van der Waals surface area contributed by atoms with Crippen LogP contribution in [0.2, 0.25) is 0 Å². The van der Waals surface area contributed by atoms with Gasteiger partial charge in [-0.05, 0) is 68.1 Å². The van der Waals surface area contributed by atoms with E-state index in [2.05, 4.69) is 11.9 Å². The lowest BCUT2D eigenvalue weighted by Crippen LogP contribution is -2.34. The first-order valence-electron chi connectivity index (χ1n) is 12.2. The van der Waals surface area contributed by atoms with Crippen LogP contribution in [0.4, 0.5) is 8.78 Å². The lowest BCUT2D eigenvalue weighted by atomic mass is 10.0. The van der Waals surface area contributed by atoms with E-state index in [1.165, 1.54) is 13.0 Å². The molecule has 6 heteroatoms. The quantitative estimate of drug-likeness (QED) is 0.150. The molecule has 186 valence electrons. The van der Waals surface area contributed by atoms with Crippen LogP contribution in [0.1, 0.15) is 59.3 Å². The van der Waals surface area contributed by atoms with Crippen LogP contribution in [0.5, 0.6) is 11.5 Å². The molecule has 0 spiro atoms. The van der Waals surface area contributed by atoms with Gasteiger partial charge >= 0.3 is 5.97 Å². The van der Waals surface area contributed by atoms with E-state index in [0.29, 0.717) is 24.3 Å². The molecular weight excluding hydrogens is 448 g/mol. The molecule has 0 unspecified atom stereocenters. The number of nitrogens with zero attached hydrogens (tertiary/aromatic N) is 1. The van der Waals surface area contributed by atoms with Gasteiger partial charge in [-0.3, -0.25) is 4.98 Å². The van der Waals surface area contributed by atoms with Crippen LogP contribution in [-0.2, 0) is 4.79 Å². The van der Waals surface area contributed by atoms with Crippen molar-refractivity contribution >= 4 is 5.97 Å². The van der Waals surface area contributed by atoms with Gasteiger partial charge in [-0.25, -0.2) is 13.6 Å². The van der Waals surface area contributed by atoms with Crippen molar-refractivity contribution < 1.29 is 23.0 Å². The van der Waals surface area contributed by atoms with Gasteiger partial charge < -0.3 is 9.47 Å². The number of halogens is 2. The number of aromatic nitrogens is 1. The molecule has 2 aromatic carbocycles. The Balaban J connectivity index is 1.63. The highest BCUT2D eigenvalue weighted by Gasteiger charge is 2.34. The smallest absolute Gasteiger partial charge is 0.348 e. The third-order valence-corrected chi connectivity index (χ3v) is 5.82. The lowest BCUT2D eigenvalue weighted by molar-refractivity contribution is -0.147. The van der Waals surface area contributed by atoms with Crippen molar-refractivity contribution in [2.24, 2.45) is 0 Å². The fraction of sp³-hybridized carbons (Fsp3) is 0.379. The molecule has 0 aliphatic carbocycles. The van der Waals surface area contributed by atoms with E-state index in [1.807, 2.05) is 19.1 Å². The fourth-order valence-electron chi connectivity index (χ4n) is 3.59. The maximum Gasteiger partial charge on any atom is 0.348 e. The zero-order valence-electron chi connectivity index (χ0n) is 20.7. The van der Waals surface area contributed by atoms with Gasteiger partial charge in [-0.2, -0.15) is 0 Å². The summed E-state index contributed by atoms with van der Waals surface area (Å²) in [5, 5.41) is 0. The molecule has 1 aromatic heterocycles. The maximum absolute atomic E-state index is 14.5. The van der Waals surface area contributed by atoms with E-state index < -0.39 is 17.5 Å². The number of esters is 1. The Morgan fingerprint density at radius 3 is 2.23 bits per heavy atom. The van der Waals surface area contributed by atoms with Crippen LogP contribution in [0, 0.1) is 5.82 Å². The van der Waals surface area contributed by atoms with Crippen LogP contribution in [0.3, 0.4) is 0 Å². The van der Waals surface area contributed by atoms with Crippen molar-refractivity contribution in [2.45, 2.75) is 65.0 Å². The van der Waals surface area contributed by atoms with E-state index in [0.717, 1.165) is 36.8 Å². The molecule has 0 radical (unpaired) electrons. The summed E-state index contributed by atoms with van der Waals surface area (Å²) < 4.78 is 39.7. The van der Waals surface area contributed by atoms with E-state index in [1.54, 1.807) is 42.6 Å². The molecule has 4 nitrogen and oxygen atoms in total. The summed E-state index contributed by atoms with van der Waals surface area (Å²) in [7, 11) is 0. The predicted molar refractivity (Wildman–Crippen MR) is 135 cm³/mol. The van der Waals surface area contributed by atoms with Gasteiger partial charge in [0.15, 0.2) is 11.6 Å². The maximum atomic E-state index is 14.5. The van der Waals surface area contributed by atoms with Gasteiger partial charge in [-0.1, -0.05) is 51.3 Å². The van der Waals surface area contributed by atoms with Gasteiger partial charge in [0.25, 0.3) is 0 Å². The Morgan fingerprint density at radius 2 is 1.60 bits per heavy atom. The number of pyridine rings is 1. The zero-order chi connectivity index (χ0) is 25.3. The second kappa shape index (κ2) is 12.4. The largest absolute Gasteiger partial charge is 0.491 e. The number of ether oxygens (including phenoxy) is 2. The Kier molecular flexibility index (Phi) is 9.35. The monoisotopic (exact) mass is 481 g/mol. The van der Waals surface area contributed by atoms with Gasteiger partial charge in [0, 0.05) is 17.3 Å². The number of carbonyl (C=O) groups is 1. The summed E-state index contributed by atoms with van der Waals surface area (Å²) in [6.07, 6.45) is 6.31. The van der Waals surface area contributed by atoms with Gasteiger partial charge in [0.05, 0.1) is 12.3 Å². The topological polar surface area (TPSA) is 48.4 Å². The molecule has 0 aliphatic heterocycles. The molecule has 0 aliphatic rings. The van der Waals surface area contributed by atoms with E-state index in [9.17, 15) is 13.6 Å². The molecule has 3 rings (SSSR count).